The molecule has 1 unspecified atom stereocenters. The summed E-state index contributed by atoms with van der Waals surface area (Å²) in [6.45, 7) is 3.06. The summed E-state index contributed by atoms with van der Waals surface area (Å²) >= 11 is 0. The molecule has 3 rings (SSSR count). The molecule has 0 aliphatic carbocycles. The van der Waals surface area contributed by atoms with E-state index in [0.29, 0.717) is 25.2 Å². The van der Waals surface area contributed by atoms with Gasteiger partial charge in [-0.05, 0) is 36.2 Å². The van der Waals surface area contributed by atoms with Gasteiger partial charge in [0.2, 0.25) is 10.0 Å². The Morgan fingerprint density at radius 1 is 1.35 bits per heavy atom. The number of benzene rings is 1. The quantitative estimate of drug-likeness (QED) is 0.930. The van der Waals surface area contributed by atoms with Crippen LogP contribution >= 0.6 is 0 Å². The molecule has 1 N–H and O–H groups in total. The molecule has 1 aromatic heterocycles. The van der Waals surface area contributed by atoms with Crippen molar-refractivity contribution in [3.05, 3.63) is 59.7 Å². The molecule has 1 saturated heterocycles. The van der Waals surface area contributed by atoms with Crippen LogP contribution in [0.1, 0.15) is 17.2 Å². The Kier molecular flexibility index (Phi) is 4.43. The van der Waals surface area contributed by atoms with Crippen LogP contribution in [-0.2, 0) is 10.0 Å². The van der Waals surface area contributed by atoms with Crippen LogP contribution in [0.5, 0.6) is 0 Å². The first kappa shape index (κ1) is 16.0. The first-order chi connectivity index (χ1) is 11.0. The van der Waals surface area contributed by atoms with Crippen molar-refractivity contribution in [3.63, 3.8) is 0 Å². The number of nitrogens with zero attached hydrogens (tertiary/aromatic N) is 2. The molecule has 5 nitrogen and oxygen atoms in total. The molecule has 1 aliphatic rings. The van der Waals surface area contributed by atoms with Gasteiger partial charge in [0.25, 0.3) is 0 Å². The van der Waals surface area contributed by atoms with Crippen molar-refractivity contribution < 1.29 is 12.8 Å². The maximum Gasteiger partial charge on any atom is 0.244 e. The lowest BCUT2D eigenvalue weighted by Crippen LogP contribution is -2.48. The minimum atomic E-state index is -3.79. The standard InChI is InChI=1S/C16H18FN3O2S/c1-12-4-5-14(17)9-16(12)23(21,22)20-8-7-19-11-15(20)13-3-2-6-18-10-13/h2-6,9-10,15,19H,7-8,11H2,1H3. The van der Waals surface area contributed by atoms with E-state index in [9.17, 15) is 12.8 Å². The van der Waals surface area contributed by atoms with Crippen LogP contribution in [0.15, 0.2) is 47.6 Å². The van der Waals surface area contributed by atoms with Gasteiger partial charge in [-0.1, -0.05) is 12.1 Å². The van der Waals surface area contributed by atoms with Gasteiger partial charge >= 0.3 is 0 Å². The lowest BCUT2D eigenvalue weighted by Gasteiger charge is -2.35. The smallest absolute Gasteiger partial charge is 0.244 e. The fourth-order valence-corrected chi connectivity index (χ4v) is 4.66. The molecule has 7 heteroatoms. The van der Waals surface area contributed by atoms with E-state index < -0.39 is 15.8 Å². The molecule has 1 atom stereocenters. The molecule has 0 amide bonds. The highest BCUT2D eigenvalue weighted by Gasteiger charge is 2.35. The van der Waals surface area contributed by atoms with Crippen LogP contribution in [0.25, 0.3) is 0 Å². The van der Waals surface area contributed by atoms with Crippen molar-refractivity contribution in [1.29, 1.82) is 0 Å². The molecule has 1 aliphatic heterocycles. The van der Waals surface area contributed by atoms with E-state index in [0.717, 1.165) is 11.6 Å². The summed E-state index contributed by atoms with van der Waals surface area (Å²) in [6.07, 6.45) is 3.31. The number of aromatic nitrogens is 1. The molecule has 0 bridgehead atoms. The molecule has 1 fully saturated rings. The normalized spacial score (nSPS) is 19.7. The van der Waals surface area contributed by atoms with Gasteiger partial charge in [-0.15, -0.1) is 0 Å². The molecule has 2 aromatic rings. The largest absolute Gasteiger partial charge is 0.313 e. The van der Waals surface area contributed by atoms with Crippen molar-refractivity contribution in [3.8, 4) is 0 Å². The molecule has 0 spiro atoms. The van der Waals surface area contributed by atoms with E-state index in [-0.39, 0.29) is 10.9 Å². The van der Waals surface area contributed by atoms with Crippen LogP contribution in [0.3, 0.4) is 0 Å². The zero-order valence-corrected chi connectivity index (χ0v) is 13.6. The van der Waals surface area contributed by atoms with Crippen LogP contribution in [0, 0.1) is 12.7 Å². The Hall–Kier alpha value is -1.83. The van der Waals surface area contributed by atoms with E-state index in [2.05, 4.69) is 10.3 Å². The second kappa shape index (κ2) is 6.35. The Morgan fingerprint density at radius 3 is 2.91 bits per heavy atom. The predicted octanol–water partition coefficient (Wildman–Crippen LogP) is 1.86. The number of hydrogen-bond acceptors (Lipinski definition) is 4. The average Bonchev–Trinajstić information content (AvgIpc) is 2.58. The minimum Gasteiger partial charge on any atom is -0.313 e. The second-order valence-corrected chi connectivity index (χ2v) is 7.39. The molecule has 122 valence electrons. The molecule has 0 radical (unpaired) electrons. The zero-order chi connectivity index (χ0) is 16.4. The summed E-state index contributed by atoms with van der Waals surface area (Å²) in [4.78, 5) is 4.09. The van der Waals surface area contributed by atoms with E-state index in [1.807, 2.05) is 6.07 Å². The molecule has 23 heavy (non-hydrogen) atoms. The van der Waals surface area contributed by atoms with Gasteiger partial charge in [0.1, 0.15) is 5.82 Å². The van der Waals surface area contributed by atoms with Crippen LogP contribution in [-0.4, -0.2) is 37.3 Å². The number of piperazine rings is 1. The summed E-state index contributed by atoms with van der Waals surface area (Å²) in [5.74, 6) is -0.553. The highest BCUT2D eigenvalue weighted by atomic mass is 32.2. The predicted molar refractivity (Wildman–Crippen MR) is 84.9 cm³/mol. The number of rotatable bonds is 3. The number of hydrogen-bond donors (Lipinski definition) is 1. The minimum absolute atomic E-state index is 0.0216. The van der Waals surface area contributed by atoms with E-state index in [1.54, 1.807) is 25.4 Å². The lowest BCUT2D eigenvalue weighted by molar-refractivity contribution is 0.271. The van der Waals surface area contributed by atoms with Crippen molar-refractivity contribution in [2.24, 2.45) is 0 Å². The second-order valence-electron chi connectivity index (χ2n) is 5.53. The number of nitrogens with one attached hydrogen (secondary N) is 1. The maximum atomic E-state index is 13.6. The van der Waals surface area contributed by atoms with E-state index in [4.69, 9.17) is 0 Å². The SMILES string of the molecule is Cc1ccc(F)cc1S(=O)(=O)N1CCNCC1c1cccnc1. The third kappa shape index (κ3) is 3.12. The van der Waals surface area contributed by atoms with Crippen molar-refractivity contribution in [2.75, 3.05) is 19.6 Å². The van der Waals surface area contributed by atoms with E-state index >= 15 is 0 Å². The van der Waals surface area contributed by atoms with Gasteiger partial charge in [-0.25, -0.2) is 12.8 Å². The summed E-state index contributed by atoms with van der Waals surface area (Å²) in [6, 6.07) is 7.12. The summed E-state index contributed by atoms with van der Waals surface area (Å²) in [5.41, 5.74) is 1.35. The first-order valence-electron chi connectivity index (χ1n) is 7.39. The fourth-order valence-electron chi connectivity index (χ4n) is 2.81. The highest BCUT2D eigenvalue weighted by Crippen LogP contribution is 2.30. The Balaban J connectivity index is 2.04. The third-order valence-electron chi connectivity index (χ3n) is 4.00. The molecule has 0 saturated carbocycles. The first-order valence-corrected chi connectivity index (χ1v) is 8.83. The number of pyridine rings is 1. The van der Waals surface area contributed by atoms with Crippen molar-refractivity contribution in [2.45, 2.75) is 17.9 Å². The molecule has 2 heterocycles. The summed E-state index contributed by atoms with van der Waals surface area (Å²) < 4.78 is 41.1. The summed E-state index contributed by atoms with van der Waals surface area (Å²) in [7, 11) is -3.79. The summed E-state index contributed by atoms with van der Waals surface area (Å²) in [5, 5.41) is 3.20. The van der Waals surface area contributed by atoms with Gasteiger partial charge in [-0.3, -0.25) is 4.98 Å². The van der Waals surface area contributed by atoms with Gasteiger partial charge in [0.05, 0.1) is 10.9 Å². The molecule has 1 aromatic carbocycles. The van der Waals surface area contributed by atoms with Gasteiger partial charge < -0.3 is 5.32 Å². The van der Waals surface area contributed by atoms with Crippen LogP contribution in [0.4, 0.5) is 4.39 Å². The van der Waals surface area contributed by atoms with Crippen LogP contribution in [0.2, 0.25) is 0 Å². The molecular weight excluding hydrogens is 317 g/mol. The third-order valence-corrected chi connectivity index (χ3v) is 6.05. The topological polar surface area (TPSA) is 62.3 Å². The van der Waals surface area contributed by atoms with Gasteiger partial charge in [0.15, 0.2) is 0 Å². The van der Waals surface area contributed by atoms with Crippen molar-refractivity contribution in [1.82, 2.24) is 14.6 Å². The maximum absolute atomic E-state index is 13.6. The van der Waals surface area contributed by atoms with Crippen molar-refractivity contribution >= 4 is 10.0 Å². The van der Waals surface area contributed by atoms with Crippen LogP contribution < -0.4 is 5.32 Å². The Bertz CT molecular complexity index is 796. The van der Waals surface area contributed by atoms with Gasteiger partial charge in [-0.2, -0.15) is 4.31 Å². The Labute approximate surface area is 135 Å². The fraction of sp³-hybridized carbons (Fsp3) is 0.312. The average molecular weight is 335 g/mol. The number of aryl methyl sites for hydroxylation is 1. The highest BCUT2D eigenvalue weighted by molar-refractivity contribution is 7.89. The Morgan fingerprint density at radius 2 is 2.17 bits per heavy atom. The number of halogens is 1. The van der Waals surface area contributed by atoms with Gasteiger partial charge in [0, 0.05) is 32.0 Å². The lowest BCUT2D eigenvalue weighted by atomic mass is 10.1. The number of sulfonamides is 1. The molecular formula is C16H18FN3O2S. The zero-order valence-electron chi connectivity index (χ0n) is 12.7. The van der Waals surface area contributed by atoms with E-state index in [1.165, 1.54) is 16.4 Å². The monoisotopic (exact) mass is 335 g/mol.